The molecule has 0 heterocycles. The van der Waals surface area contributed by atoms with E-state index in [0.29, 0.717) is 6.42 Å². The third-order valence-electron chi connectivity index (χ3n) is 2.41. The van der Waals surface area contributed by atoms with Crippen LogP contribution in [0.1, 0.15) is 37.9 Å². The summed E-state index contributed by atoms with van der Waals surface area (Å²) in [6.07, 6.45) is 2.22. The van der Waals surface area contributed by atoms with Gasteiger partial charge in [-0.15, -0.1) is 0 Å². The Balaban J connectivity index is 2.81. The molecule has 1 rings (SSSR count). The Morgan fingerprint density at radius 1 is 1.35 bits per heavy atom. The molecule has 0 bridgehead atoms. The zero-order chi connectivity index (χ0) is 12.9. The summed E-state index contributed by atoms with van der Waals surface area (Å²) in [5.74, 6) is 0.173. The zero-order valence-corrected chi connectivity index (χ0v) is 11.1. The second-order valence-electron chi connectivity index (χ2n) is 4.13. The number of rotatable bonds is 6. The Labute approximate surface area is 102 Å². The van der Waals surface area contributed by atoms with Crippen LogP contribution in [0.5, 0.6) is 5.75 Å². The maximum absolute atomic E-state index is 11.3. The molecule has 0 radical (unpaired) electrons. The highest BCUT2D eigenvalue weighted by Crippen LogP contribution is 2.44. The number of benzene rings is 1. The number of phenolic OH excluding ortho intramolecular Hbond substituents is 1. The first-order chi connectivity index (χ1) is 7.92. The quantitative estimate of drug-likeness (QED) is 0.767. The van der Waals surface area contributed by atoms with E-state index in [1.54, 1.807) is 24.3 Å². The van der Waals surface area contributed by atoms with Crippen LogP contribution in [-0.4, -0.2) is 16.7 Å². The zero-order valence-electron chi connectivity index (χ0n) is 10.2. The molecule has 0 fully saturated rings. The molecule has 0 saturated carbocycles. The lowest BCUT2D eigenvalue weighted by Crippen LogP contribution is -2.02. The van der Waals surface area contributed by atoms with E-state index in [2.05, 4.69) is 6.92 Å². The lowest BCUT2D eigenvalue weighted by Gasteiger charge is -2.19. The van der Waals surface area contributed by atoms with Crippen molar-refractivity contribution in [1.29, 1.82) is 0 Å². The summed E-state index contributed by atoms with van der Waals surface area (Å²) in [5, 5.41) is 9.20. The molecule has 0 aromatic heterocycles. The summed E-state index contributed by atoms with van der Waals surface area (Å²) >= 11 is 0. The first kappa shape index (κ1) is 14.2. The van der Waals surface area contributed by atoms with Crippen molar-refractivity contribution < 1.29 is 19.1 Å². The van der Waals surface area contributed by atoms with Crippen molar-refractivity contribution in [1.82, 2.24) is 0 Å². The van der Waals surface area contributed by atoms with Gasteiger partial charge in [0.05, 0.1) is 6.10 Å². The average molecular weight is 258 g/mol. The Morgan fingerprint density at radius 2 is 1.94 bits per heavy atom. The Hall–Kier alpha value is -0.830. The molecule has 0 saturated heterocycles. The van der Waals surface area contributed by atoms with Crippen LogP contribution in [-0.2, 0) is 9.09 Å². The third kappa shape index (κ3) is 5.35. The fourth-order valence-corrected chi connectivity index (χ4v) is 2.29. The topological polar surface area (TPSA) is 66.8 Å². The van der Waals surface area contributed by atoms with Crippen LogP contribution < -0.4 is 0 Å². The molecular formula is C12H19O4P. The maximum Gasteiger partial charge on any atom is 0.325 e. The third-order valence-corrected chi connectivity index (χ3v) is 3.05. The number of phenols is 1. The van der Waals surface area contributed by atoms with Crippen molar-refractivity contribution in [3.05, 3.63) is 29.8 Å². The van der Waals surface area contributed by atoms with Gasteiger partial charge in [0.25, 0.3) is 0 Å². The predicted octanol–water partition coefficient (Wildman–Crippen LogP) is 3.46. The molecule has 5 heteroatoms. The number of hydrogen-bond acceptors (Lipinski definition) is 3. The molecule has 0 aliphatic carbocycles. The summed E-state index contributed by atoms with van der Waals surface area (Å²) in [6.45, 7) is 3.24. The standard InChI is InChI=1S/C12H19O4P/c1-3-4-5-12(16-17(2,14)15)10-6-8-11(13)9-7-10/h6-9,12-13H,3-5H2,1-2H3,(H,14,15). The highest BCUT2D eigenvalue weighted by Gasteiger charge is 2.20. The van der Waals surface area contributed by atoms with Gasteiger partial charge in [-0.3, -0.25) is 4.57 Å². The van der Waals surface area contributed by atoms with E-state index in [-0.39, 0.29) is 5.75 Å². The van der Waals surface area contributed by atoms with E-state index in [1.165, 1.54) is 6.66 Å². The first-order valence-electron chi connectivity index (χ1n) is 5.70. The molecule has 1 aromatic rings. The summed E-state index contributed by atoms with van der Waals surface area (Å²) < 4.78 is 16.5. The van der Waals surface area contributed by atoms with Crippen LogP contribution in [0.15, 0.2) is 24.3 Å². The molecule has 1 aromatic carbocycles. The molecular weight excluding hydrogens is 239 g/mol. The van der Waals surface area contributed by atoms with Crippen LogP contribution in [0.3, 0.4) is 0 Å². The minimum absolute atomic E-state index is 0.173. The van der Waals surface area contributed by atoms with Crippen LogP contribution in [0.4, 0.5) is 0 Å². The van der Waals surface area contributed by atoms with Gasteiger partial charge in [0.15, 0.2) is 0 Å². The number of hydrogen-bond donors (Lipinski definition) is 2. The van der Waals surface area contributed by atoms with Crippen molar-refractivity contribution in [2.45, 2.75) is 32.3 Å². The van der Waals surface area contributed by atoms with Crippen LogP contribution in [0.25, 0.3) is 0 Å². The minimum atomic E-state index is -3.50. The molecule has 0 spiro atoms. The summed E-state index contributed by atoms with van der Waals surface area (Å²) in [4.78, 5) is 9.29. The van der Waals surface area contributed by atoms with Crippen LogP contribution >= 0.6 is 7.60 Å². The molecule has 2 atom stereocenters. The van der Waals surface area contributed by atoms with Gasteiger partial charge < -0.3 is 14.5 Å². The summed E-state index contributed by atoms with van der Waals surface area (Å²) in [6, 6.07) is 6.53. The van der Waals surface area contributed by atoms with Gasteiger partial charge in [0.1, 0.15) is 5.75 Å². The van der Waals surface area contributed by atoms with Gasteiger partial charge >= 0.3 is 7.60 Å². The van der Waals surface area contributed by atoms with Gasteiger partial charge in [0.2, 0.25) is 0 Å². The second-order valence-corrected chi connectivity index (χ2v) is 5.95. The lowest BCUT2D eigenvalue weighted by molar-refractivity contribution is 0.167. The van der Waals surface area contributed by atoms with E-state index in [1.807, 2.05) is 0 Å². The van der Waals surface area contributed by atoms with Crippen molar-refractivity contribution in [3.63, 3.8) is 0 Å². The van der Waals surface area contributed by atoms with Gasteiger partial charge in [-0.1, -0.05) is 31.9 Å². The van der Waals surface area contributed by atoms with E-state index in [4.69, 9.17) is 4.52 Å². The van der Waals surface area contributed by atoms with E-state index in [9.17, 15) is 14.6 Å². The molecule has 0 aliphatic heterocycles. The highest BCUT2D eigenvalue weighted by molar-refractivity contribution is 7.51. The second kappa shape index (κ2) is 6.20. The van der Waals surface area contributed by atoms with Crippen molar-refractivity contribution in [3.8, 4) is 5.75 Å². The van der Waals surface area contributed by atoms with E-state index >= 15 is 0 Å². The van der Waals surface area contributed by atoms with Crippen LogP contribution in [0.2, 0.25) is 0 Å². The van der Waals surface area contributed by atoms with E-state index in [0.717, 1.165) is 18.4 Å². The normalized spacial score (nSPS) is 16.4. The molecule has 0 amide bonds. The Bertz CT molecular complexity index is 382. The minimum Gasteiger partial charge on any atom is -0.508 e. The number of aromatic hydroxyl groups is 1. The lowest BCUT2D eigenvalue weighted by atomic mass is 10.0. The molecule has 4 nitrogen and oxygen atoms in total. The fraction of sp³-hybridized carbons (Fsp3) is 0.500. The van der Waals surface area contributed by atoms with Crippen LogP contribution in [0, 0.1) is 0 Å². The average Bonchev–Trinajstić information content (AvgIpc) is 2.24. The number of unbranched alkanes of at least 4 members (excludes halogenated alkanes) is 1. The van der Waals surface area contributed by atoms with Gasteiger partial charge in [-0.2, -0.15) is 0 Å². The maximum atomic E-state index is 11.3. The van der Waals surface area contributed by atoms with Gasteiger partial charge in [0, 0.05) is 6.66 Å². The van der Waals surface area contributed by atoms with E-state index < -0.39 is 13.7 Å². The van der Waals surface area contributed by atoms with Crippen molar-refractivity contribution in [2.24, 2.45) is 0 Å². The SMILES string of the molecule is CCCCC(OP(C)(=O)O)c1ccc(O)cc1. The molecule has 2 unspecified atom stereocenters. The highest BCUT2D eigenvalue weighted by atomic mass is 31.2. The Morgan fingerprint density at radius 3 is 2.41 bits per heavy atom. The fourth-order valence-electron chi connectivity index (χ4n) is 1.59. The van der Waals surface area contributed by atoms with Gasteiger partial charge in [-0.25, -0.2) is 0 Å². The van der Waals surface area contributed by atoms with Crippen molar-refractivity contribution >= 4 is 7.60 Å². The molecule has 0 aliphatic rings. The van der Waals surface area contributed by atoms with Gasteiger partial charge in [-0.05, 0) is 24.1 Å². The first-order valence-corrected chi connectivity index (χ1v) is 7.72. The van der Waals surface area contributed by atoms with Crippen molar-refractivity contribution in [2.75, 3.05) is 6.66 Å². The molecule has 96 valence electrons. The predicted molar refractivity (Wildman–Crippen MR) is 67.2 cm³/mol. The largest absolute Gasteiger partial charge is 0.508 e. The summed E-state index contributed by atoms with van der Waals surface area (Å²) in [5.41, 5.74) is 0.812. The molecule has 17 heavy (non-hydrogen) atoms. The monoisotopic (exact) mass is 258 g/mol. The smallest absolute Gasteiger partial charge is 0.325 e. The molecule has 2 N–H and O–H groups in total. The summed E-state index contributed by atoms with van der Waals surface area (Å²) in [7, 11) is -3.50. The Kier molecular flexibility index (Phi) is 5.19.